The molecule has 180 valence electrons. The van der Waals surface area contributed by atoms with Crippen molar-refractivity contribution in [2.75, 3.05) is 31.2 Å². The summed E-state index contributed by atoms with van der Waals surface area (Å²) in [7, 11) is -2.72. The molecule has 34 heavy (non-hydrogen) atoms. The van der Waals surface area contributed by atoms with E-state index in [9.17, 15) is 13.9 Å². The molecule has 1 aromatic heterocycles. The zero-order valence-corrected chi connectivity index (χ0v) is 19.9. The van der Waals surface area contributed by atoms with Crippen molar-refractivity contribution in [2.45, 2.75) is 24.3 Å². The summed E-state index contributed by atoms with van der Waals surface area (Å²) >= 11 is 0. The van der Waals surface area contributed by atoms with E-state index < -0.39 is 10.6 Å². The van der Waals surface area contributed by atoms with Gasteiger partial charge in [0.2, 0.25) is 0 Å². The predicted molar refractivity (Wildman–Crippen MR) is 134 cm³/mol. The highest BCUT2D eigenvalue weighted by molar-refractivity contribution is 8.23. The first-order chi connectivity index (χ1) is 16.4. The minimum Gasteiger partial charge on any atom is -0.445 e. The Morgan fingerprint density at radius 2 is 1.76 bits per heavy atom. The average molecular weight is 483 g/mol. The number of nitrogens with zero attached hydrogens (tertiary/aromatic N) is 3. The molecule has 0 atom stereocenters. The minimum atomic E-state index is -2.72. The van der Waals surface area contributed by atoms with Crippen molar-refractivity contribution in [1.82, 2.24) is 14.9 Å². The number of anilines is 1. The molecule has 0 spiro atoms. The third-order valence-electron chi connectivity index (χ3n) is 5.90. The lowest BCUT2D eigenvalue weighted by Crippen LogP contribution is -2.40. The molecule has 9 heteroatoms. The van der Waals surface area contributed by atoms with Crippen LogP contribution in [0.4, 0.5) is 10.6 Å². The lowest BCUT2D eigenvalue weighted by molar-refractivity contribution is 0.0832. The van der Waals surface area contributed by atoms with Gasteiger partial charge in [-0.25, -0.2) is 9.78 Å². The number of ether oxygens (including phenoxy) is 1. The van der Waals surface area contributed by atoms with Crippen molar-refractivity contribution in [3.63, 3.8) is 0 Å². The van der Waals surface area contributed by atoms with Gasteiger partial charge in [-0.15, -0.1) is 0 Å². The predicted octanol–water partition coefficient (Wildman–Crippen LogP) is 5.34. The number of rotatable bonds is 7. The molecule has 2 aromatic carbocycles. The van der Waals surface area contributed by atoms with Crippen molar-refractivity contribution in [1.29, 1.82) is 0 Å². The Labute approximate surface area is 201 Å². The number of amides is 1. The molecular formula is C25H30N4O4S. The van der Waals surface area contributed by atoms with E-state index in [0.717, 1.165) is 30.5 Å². The second kappa shape index (κ2) is 10.9. The molecule has 1 fully saturated rings. The van der Waals surface area contributed by atoms with Gasteiger partial charge >= 0.3 is 6.09 Å². The topological polar surface area (TPSA) is 108 Å². The molecule has 3 aromatic rings. The molecule has 3 N–H and O–H groups in total. The van der Waals surface area contributed by atoms with E-state index in [1.165, 1.54) is 6.26 Å². The smallest absolute Gasteiger partial charge is 0.410 e. The largest absolute Gasteiger partial charge is 0.445 e. The summed E-state index contributed by atoms with van der Waals surface area (Å²) in [6, 6.07) is 16.7. The van der Waals surface area contributed by atoms with E-state index in [4.69, 9.17) is 4.74 Å². The van der Waals surface area contributed by atoms with Crippen LogP contribution in [0.15, 0.2) is 71.9 Å². The Morgan fingerprint density at radius 3 is 2.38 bits per heavy atom. The van der Waals surface area contributed by atoms with Crippen LogP contribution in [0.2, 0.25) is 0 Å². The molecule has 0 bridgehead atoms. The molecule has 2 heterocycles. The van der Waals surface area contributed by atoms with Crippen molar-refractivity contribution in [3.8, 4) is 11.3 Å². The molecule has 4 rings (SSSR count). The second-order valence-electron chi connectivity index (χ2n) is 8.50. The van der Waals surface area contributed by atoms with Crippen LogP contribution in [0.3, 0.4) is 0 Å². The number of piperidine rings is 1. The Hall–Kier alpha value is -3.14. The lowest BCUT2D eigenvalue weighted by Gasteiger charge is -2.31. The van der Waals surface area contributed by atoms with Gasteiger partial charge in [-0.05, 0) is 36.5 Å². The summed E-state index contributed by atoms with van der Waals surface area (Å²) in [6.07, 6.45) is 6.36. The Morgan fingerprint density at radius 1 is 1.06 bits per heavy atom. The second-order valence-corrected chi connectivity index (χ2v) is 10.6. The fraction of sp³-hybridized carbons (Fsp3) is 0.320. The maximum absolute atomic E-state index is 12.3. The SMILES string of the molecule is CS(O)(O)c1ccc(-c2cnc(NCC3CCN(C(=O)OCc4ccccc4)CC3)cn2)cc1. The van der Waals surface area contributed by atoms with E-state index >= 15 is 0 Å². The van der Waals surface area contributed by atoms with Crippen LogP contribution in [-0.4, -0.2) is 56.0 Å². The summed E-state index contributed by atoms with van der Waals surface area (Å²) < 4.78 is 24.9. The molecule has 1 aliphatic heterocycles. The fourth-order valence-corrected chi connectivity index (χ4v) is 4.48. The van der Waals surface area contributed by atoms with Gasteiger partial charge < -0.3 is 15.0 Å². The third kappa shape index (κ3) is 6.47. The highest BCUT2D eigenvalue weighted by Gasteiger charge is 2.23. The molecule has 0 aliphatic carbocycles. The van der Waals surface area contributed by atoms with Gasteiger partial charge in [-0.3, -0.25) is 14.1 Å². The van der Waals surface area contributed by atoms with Crippen LogP contribution in [0, 0.1) is 5.92 Å². The number of hydrogen-bond donors (Lipinski definition) is 3. The molecule has 1 amide bonds. The number of nitrogens with one attached hydrogen (secondary N) is 1. The van der Waals surface area contributed by atoms with Crippen molar-refractivity contribution < 1.29 is 18.6 Å². The van der Waals surface area contributed by atoms with Crippen LogP contribution in [0.25, 0.3) is 11.3 Å². The summed E-state index contributed by atoms with van der Waals surface area (Å²) in [5.74, 6) is 1.15. The lowest BCUT2D eigenvalue weighted by atomic mass is 9.97. The monoisotopic (exact) mass is 482 g/mol. The number of aromatic nitrogens is 2. The van der Waals surface area contributed by atoms with Crippen LogP contribution in [0.5, 0.6) is 0 Å². The highest BCUT2D eigenvalue weighted by atomic mass is 32.3. The van der Waals surface area contributed by atoms with Crippen LogP contribution < -0.4 is 5.32 Å². The first-order valence-electron chi connectivity index (χ1n) is 11.2. The first-order valence-corrected chi connectivity index (χ1v) is 13.2. The van der Waals surface area contributed by atoms with Gasteiger partial charge in [0.25, 0.3) is 0 Å². The molecule has 1 aliphatic rings. The third-order valence-corrected chi connectivity index (χ3v) is 7.06. The number of hydrogen-bond acceptors (Lipinski definition) is 7. The number of benzene rings is 2. The zero-order chi connectivity index (χ0) is 24.0. The zero-order valence-electron chi connectivity index (χ0n) is 19.1. The summed E-state index contributed by atoms with van der Waals surface area (Å²) in [5, 5.41) is 3.34. The van der Waals surface area contributed by atoms with Crippen molar-refractivity contribution >= 4 is 22.5 Å². The first kappa shape index (κ1) is 24.0. The highest BCUT2D eigenvalue weighted by Crippen LogP contribution is 2.44. The van der Waals surface area contributed by atoms with Gasteiger partial charge in [0.1, 0.15) is 12.4 Å². The Balaban J connectivity index is 1.21. The van der Waals surface area contributed by atoms with Gasteiger partial charge in [-0.1, -0.05) is 42.5 Å². The molecule has 0 saturated carbocycles. The van der Waals surface area contributed by atoms with Crippen LogP contribution in [-0.2, 0) is 11.3 Å². The molecule has 8 nitrogen and oxygen atoms in total. The fourth-order valence-electron chi connectivity index (χ4n) is 3.83. The number of carbonyl (C=O) groups is 1. The summed E-state index contributed by atoms with van der Waals surface area (Å²) in [6.45, 7) is 2.43. The van der Waals surface area contributed by atoms with E-state index in [-0.39, 0.29) is 6.09 Å². The van der Waals surface area contributed by atoms with Crippen LogP contribution >= 0.6 is 10.6 Å². The van der Waals surface area contributed by atoms with E-state index in [1.54, 1.807) is 29.4 Å². The van der Waals surface area contributed by atoms with Crippen molar-refractivity contribution in [2.24, 2.45) is 5.92 Å². The normalized spacial score (nSPS) is 15.1. The summed E-state index contributed by atoms with van der Waals surface area (Å²) in [5.41, 5.74) is 2.56. The molecule has 0 radical (unpaired) electrons. The molecule has 0 unspecified atom stereocenters. The molecular weight excluding hydrogens is 452 g/mol. The standard InChI is InChI=1S/C25H30N4O4S/c1-34(31,32)22-9-7-21(8-10-22)23-16-28-24(17-26-23)27-15-19-11-13-29(14-12-19)25(30)33-18-20-5-3-2-4-6-20/h2-10,16-17,19,31-32H,11-15,18H2,1H3,(H,27,28). The molecule has 1 saturated heterocycles. The van der Waals surface area contributed by atoms with Gasteiger partial charge in [0.05, 0.1) is 23.0 Å². The van der Waals surface area contributed by atoms with Gasteiger partial charge in [0, 0.05) is 31.5 Å². The quantitative estimate of drug-likeness (QED) is 0.417. The Kier molecular flexibility index (Phi) is 7.66. The average Bonchev–Trinajstić information content (AvgIpc) is 2.87. The number of likely N-dealkylation sites (tertiary alicyclic amines) is 1. The van der Waals surface area contributed by atoms with Crippen LogP contribution in [0.1, 0.15) is 18.4 Å². The van der Waals surface area contributed by atoms with Crippen molar-refractivity contribution in [3.05, 3.63) is 72.6 Å². The number of carbonyl (C=O) groups excluding carboxylic acids is 1. The van der Waals surface area contributed by atoms with Gasteiger partial charge in [0.15, 0.2) is 0 Å². The minimum absolute atomic E-state index is 0.256. The Bertz CT molecular complexity index is 1060. The van der Waals surface area contributed by atoms with E-state index in [1.807, 2.05) is 42.5 Å². The van der Waals surface area contributed by atoms with E-state index in [0.29, 0.717) is 42.0 Å². The van der Waals surface area contributed by atoms with E-state index in [2.05, 4.69) is 15.3 Å². The van der Waals surface area contributed by atoms with Gasteiger partial charge in [-0.2, -0.15) is 10.6 Å². The maximum atomic E-state index is 12.3. The summed E-state index contributed by atoms with van der Waals surface area (Å²) in [4.78, 5) is 23.5. The maximum Gasteiger partial charge on any atom is 0.410 e.